The lowest BCUT2D eigenvalue weighted by atomic mass is 10.0. The maximum absolute atomic E-state index is 13.2. The van der Waals surface area contributed by atoms with E-state index in [1.807, 2.05) is 44.2 Å². The second-order valence-corrected chi connectivity index (χ2v) is 10.3. The van der Waals surface area contributed by atoms with Gasteiger partial charge in [0.1, 0.15) is 10.4 Å². The molecule has 0 aromatic heterocycles. The molecule has 1 aromatic rings. The zero-order valence-corrected chi connectivity index (χ0v) is 18.7. The predicted octanol–water partition coefficient (Wildman–Crippen LogP) is 3.31. The highest BCUT2D eigenvalue weighted by molar-refractivity contribution is 8.24. The third-order valence-electron chi connectivity index (χ3n) is 5.38. The van der Waals surface area contributed by atoms with E-state index in [2.05, 4.69) is 10.2 Å². The summed E-state index contributed by atoms with van der Waals surface area (Å²) in [5.74, 6) is -0.387. The highest BCUT2D eigenvalue weighted by atomic mass is 32.2. The van der Waals surface area contributed by atoms with E-state index in [1.54, 1.807) is 11.0 Å². The lowest BCUT2D eigenvalue weighted by Crippen LogP contribution is -2.62. The van der Waals surface area contributed by atoms with Crippen LogP contribution < -0.4 is 5.32 Å². The Labute approximate surface area is 182 Å². The first-order valence-corrected chi connectivity index (χ1v) is 11.4. The number of carbonyl (C=O) groups excluding carboxylic acids is 2. The molecule has 1 unspecified atom stereocenters. The van der Waals surface area contributed by atoms with E-state index < -0.39 is 10.8 Å². The summed E-state index contributed by atoms with van der Waals surface area (Å²) in [6, 6.07) is 9.01. The summed E-state index contributed by atoms with van der Waals surface area (Å²) in [4.78, 5) is 29.8. The van der Waals surface area contributed by atoms with Gasteiger partial charge in [0.15, 0.2) is 0 Å². The van der Waals surface area contributed by atoms with Crippen molar-refractivity contribution in [3.8, 4) is 0 Å². The summed E-state index contributed by atoms with van der Waals surface area (Å²) < 4.78 is 0.105. The monoisotopic (exact) mass is 431 g/mol. The molecule has 2 saturated heterocycles. The lowest BCUT2D eigenvalue weighted by Gasteiger charge is -2.43. The molecule has 7 heteroatoms. The standard InChI is InChI=1S/C22H29N3O2S2/c1-22(2)19(23-18(26)12-11-17-9-5-3-6-10-17)20(27)25(21(28)29-22)16-15-24-13-7-4-8-14-24/h3,5-6,9-12,19H,4,7-8,13-16H2,1-2H3,(H,23,26)/b12-11+. The van der Waals surface area contributed by atoms with E-state index in [0.717, 1.165) is 25.2 Å². The van der Waals surface area contributed by atoms with Crippen LogP contribution in [-0.4, -0.2) is 62.9 Å². The van der Waals surface area contributed by atoms with Crippen molar-refractivity contribution in [1.82, 2.24) is 15.1 Å². The van der Waals surface area contributed by atoms with Gasteiger partial charge in [-0.2, -0.15) is 0 Å². The van der Waals surface area contributed by atoms with Crippen LogP contribution in [0.1, 0.15) is 38.7 Å². The molecule has 1 N–H and O–H groups in total. The minimum Gasteiger partial charge on any atom is -0.339 e. The largest absolute Gasteiger partial charge is 0.339 e. The van der Waals surface area contributed by atoms with Crippen LogP contribution in [0.5, 0.6) is 0 Å². The molecule has 0 aliphatic carbocycles. The fourth-order valence-electron chi connectivity index (χ4n) is 3.67. The second-order valence-electron chi connectivity index (χ2n) is 8.05. The molecule has 2 amide bonds. The van der Waals surface area contributed by atoms with Crippen molar-refractivity contribution in [2.24, 2.45) is 0 Å². The Morgan fingerprint density at radius 1 is 1.21 bits per heavy atom. The van der Waals surface area contributed by atoms with Crippen LogP contribution in [0.3, 0.4) is 0 Å². The number of hydrogen-bond acceptors (Lipinski definition) is 5. The molecule has 0 spiro atoms. The topological polar surface area (TPSA) is 52.6 Å². The quantitative estimate of drug-likeness (QED) is 0.553. The molecule has 0 radical (unpaired) electrons. The molecular formula is C22H29N3O2S2. The van der Waals surface area contributed by atoms with Gasteiger partial charge in [0.25, 0.3) is 5.91 Å². The Bertz CT molecular complexity index is 774. The van der Waals surface area contributed by atoms with E-state index in [4.69, 9.17) is 12.2 Å². The van der Waals surface area contributed by atoms with Gasteiger partial charge in [-0.15, -0.1) is 0 Å². The van der Waals surface area contributed by atoms with Gasteiger partial charge in [-0.3, -0.25) is 14.5 Å². The average Bonchev–Trinajstić information content (AvgIpc) is 2.70. The van der Waals surface area contributed by atoms with Crippen molar-refractivity contribution in [1.29, 1.82) is 0 Å². The van der Waals surface area contributed by atoms with Crippen LogP contribution in [0.4, 0.5) is 0 Å². The maximum Gasteiger partial charge on any atom is 0.252 e. The third kappa shape index (κ3) is 5.90. The predicted molar refractivity (Wildman–Crippen MR) is 124 cm³/mol. The number of hydrogen-bond donors (Lipinski definition) is 1. The third-order valence-corrected chi connectivity index (χ3v) is 7.01. The van der Waals surface area contributed by atoms with Crippen LogP contribution in [0.15, 0.2) is 36.4 Å². The molecule has 2 aliphatic heterocycles. The molecule has 0 bridgehead atoms. The van der Waals surface area contributed by atoms with Gasteiger partial charge in [0, 0.05) is 23.9 Å². The molecule has 3 rings (SSSR count). The van der Waals surface area contributed by atoms with Gasteiger partial charge < -0.3 is 10.2 Å². The van der Waals surface area contributed by atoms with Gasteiger partial charge >= 0.3 is 0 Å². The Morgan fingerprint density at radius 3 is 2.59 bits per heavy atom. The molecule has 0 saturated carbocycles. The number of nitrogens with zero attached hydrogens (tertiary/aromatic N) is 2. The number of amides is 2. The Balaban J connectivity index is 1.63. The Hall–Kier alpha value is -1.70. The van der Waals surface area contributed by atoms with E-state index in [9.17, 15) is 9.59 Å². The first kappa shape index (κ1) is 22.0. The Kier molecular flexibility index (Phi) is 7.49. The molecule has 1 aromatic carbocycles. The highest BCUT2D eigenvalue weighted by Gasteiger charge is 2.46. The van der Waals surface area contributed by atoms with Crippen molar-refractivity contribution in [3.05, 3.63) is 42.0 Å². The number of nitrogens with one attached hydrogen (secondary N) is 1. The van der Waals surface area contributed by atoms with Crippen molar-refractivity contribution >= 4 is 46.2 Å². The van der Waals surface area contributed by atoms with E-state index in [0.29, 0.717) is 10.9 Å². The number of thioether (sulfide) groups is 1. The van der Waals surface area contributed by atoms with Crippen LogP contribution in [-0.2, 0) is 9.59 Å². The fourth-order valence-corrected chi connectivity index (χ4v) is 5.51. The number of thiocarbonyl (C=S) groups is 1. The minimum atomic E-state index is -0.617. The highest BCUT2D eigenvalue weighted by Crippen LogP contribution is 2.36. The first-order valence-electron chi connectivity index (χ1n) is 10.2. The molecular weight excluding hydrogens is 402 g/mol. The number of carbonyl (C=O) groups is 2. The van der Waals surface area contributed by atoms with Crippen molar-refractivity contribution in [2.75, 3.05) is 26.2 Å². The lowest BCUT2D eigenvalue weighted by molar-refractivity contribution is -0.133. The van der Waals surface area contributed by atoms with Gasteiger partial charge in [-0.05, 0) is 51.4 Å². The summed E-state index contributed by atoms with van der Waals surface area (Å²) in [6.07, 6.45) is 6.95. The van der Waals surface area contributed by atoms with E-state index in [1.165, 1.54) is 37.1 Å². The Morgan fingerprint density at radius 2 is 1.90 bits per heavy atom. The van der Waals surface area contributed by atoms with E-state index in [-0.39, 0.29) is 11.8 Å². The zero-order valence-electron chi connectivity index (χ0n) is 17.1. The molecule has 5 nitrogen and oxygen atoms in total. The summed E-state index contributed by atoms with van der Waals surface area (Å²) >= 11 is 7.01. The van der Waals surface area contributed by atoms with Crippen molar-refractivity contribution in [2.45, 2.75) is 43.9 Å². The number of rotatable bonds is 6. The van der Waals surface area contributed by atoms with E-state index >= 15 is 0 Å². The summed E-state index contributed by atoms with van der Waals surface area (Å²) in [5, 5.41) is 2.91. The average molecular weight is 432 g/mol. The van der Waals surface area contributed by atoms with Crippen LogP contribution in [0, 0.1) is 0 Å². The van der Waals surface area contributed by atoms with Crippen LogP contribution in [0.2, 0.25) is 0 Å². The molecule has 2 heterocycles. The number of likely N-dealkylation sites (tertiary alicyclic amines) is 1. The van der Waals surface area contributed by atoms with Crippen molar-refractivity contribution in [3.63, 3.8) is 0 Å². The van der Waals surface area contributed by atoms with Gasteiger partial charge in [0.05, 0.1) is 0 Å². The van der Waals surface area contributed by atoms with Crippen molar-refractivity contribution < 1.29 is 9.59 Å². The minimum absolute atomic E-state index is 0.114. The summed E-state index contributed by atoms with van der Waals surface area (Å²) in [7, 11) is 0. The van der Waals surface area contributed by atoms with Gasteiger partial charge in [-0.1, -0.05) is 60.7 Å². The maximum atomic E-state index is 13.2. The van der Waals surface area contributed by atoms with Crippen LogP contribution >= 0.6 is 24.0 Å². The number of benzene rings is 1. The molecule has 29 heavy (non-hydrogen) atoms. The molecule has 156 valence electrons. The second kappa shape index (κ2) is 9.87. The molecule has 1 atom stereocenters. The molecule has 2 aliphatic rings. The zero-order chi connectivity index (χ0) is 20.9. The smallest absolute Gasteiger partial charge is 0.252 e. The molecule has 2 fully saturated rings. The summed E-state index contributed by atoms with van der Waals surface area (Å²) in [6.45, 7) is 7.47. The summed E-state index contributed by atoms with van der Waals surface area (Å²) in [5.41, 5.74) is 0.940. The normalized spacial score (nSPS) is 22.8. The number of piperidine rings is 1. The van der Waals surface area contributed by atoms with Crippen LogP contribution in [0.25, 0.3) is 6.08 Å². The first-order chi connectivity index (χ1) is 13.9. The van der Waals surface area contributed by atoms with Gasteiger partial charge in [0.2, 0.25) is 5.91 Å². The van der Waals surface area contributed by atoms with Gasteiger partial charge in [-0.25, -0.2) is 0 Å². The SMILES string of the molecule is CC1(C)SC(=S)N(CCN2CCCCC2)C(=O)C1NC(=O)/C=C/c1ccccc1. The fraction of sp³-hybridized carbons (Fsp3) is 0.500.